The minimum atomic E-state index is -0.610. The van der Waals surface area contributed by atoms with Gasteiger partial charge in [-0.15, -0.1) is 0 Å². The average molecular weight is 327 g/mol. The summed E-state index contributed by atoms with van der Waals surface area (Å²) < 4.78 is 5.68. The standard InChI is InChI=1S/C17H33N3O3/c1-6-13-11-20(9-10-23-13)14(7-2)15(21)19-12-17(4,5)16(22)18-8-3/h13-14H,6-12H2,1-5H3,(H,18,22)(H,19,21). The Hall–Kier alpha value is -1.14. The summed E-state index contributed by atoms with van der Waals surface area (Å²) in [5.74, 6) is -0.0348. The number of hydrogen-bond acceptors (Lipinski definition) is 4. The van der Waals surface area contributed by atoms with Crippen LogP contribution in [0, 0.1) is 5.41 Å². The van der Waals surface area contributed by atoms with Crippen LogP contribution in [-0.2, 0) is 14.3 Å². The smallest absolute Gasteiger partial charge is 0.237 e. The van der Waals surface area contributed by atoms with E-state index >= 15 is 0 Å². The molecule has 1 rings (SSSR count). The molecule has 1 saturated heterocycles. The van der Waals surface area contributed by atoms with E-state index in [-0.39, 0.29) is 24.0 Å². The second kappa shape index (κ2) is 9.23. The van der Waals surface area contributed by atoms with Crippen LogP contribution >= 0.6 is 0 Å². The molecule has 1 heterocycles. The molecule has 0 radical (unpaired) electrons. The predicted molar refractivity (Wildman–Crippen MR) is 91.2 cm³/mol. The minimum Gasteiger partial charge on any atom is -0.376 e. The fraction of sp³-hybridized carbons (Fsp3) is 0.882. The van der Waals surface area contributed by atoms with Gasteiger partial charge in [-0.25, -0.2) is 0 Å². The molecule has 0 spiro atoms. The first-order valence-corrected chi connectivity index (χ1v) is 8.77. The molecular weight excluding hydrogens is 294 g/mol. The van der Waals surface area contributed by atoms with Crippen LogP contribution in [-0.4, -0.2) is 61.6 Å². The van der Waals surface area contributed by atoms with E-state index in [0.717, 1.165) is 25.9 Å². The van der Waals surface area contributed by atoms with Crippen molar-refractivity contribution in [2.75, 3.05) is 32.8 Å². The third kappa shape index (κ3) is 5.77. The maximum atomic E-state index is 12.6. The van der Waals surface area contributed by atoms with Crippen LogP contribution in [0.3, 0.4) is 0 Å². The number of ether oxygens (including phenoxy) is 1. The number of nitrogens with zero attached hydrogens (tertiary/aromatic N) is 1. The highest BCUT2D eigenvalue weighted by Crippen LogP contribution is 2.16. The zero-order valence-electron chi connectivity index (χ0n) is 15.3. The highest BCUT2D eigenvalue weighted by atomic mass is 16.5. The third-order valence-corrected chi connectivity index (χ3v) is 4.41. The van der Waals surface area contributed by atoms with E-state index in [9.17, 15) is 9.59 Å². The number of hydrogen-bond donors (Lipinski definition) is 2. The third-order valence-electron chi connectivity index (χ3n) is 4.41. The van der Waals surface area contributed by atoms with Gasteiger partial charge in [0.15, 0.2) is 0 Å². The van der Waals surface area contributed by atoms with Crippen molar-refractivity contribution in [3.63, 3.8) is 0 Å². The Labute approximate surface area is 140 Å². The highest BCUT2D eigenvalue weighted by molar-refractivity contribution is 5.85. The van der Waals surface area contributed by atoms with Gasteiger partial charge in [-0.1, -0.05) is 13.8 Å². The maximum absolute atomic E-state index is 12.6. The second-order valence-electron chi connectivity index (χ2n) is 6.78. The summed E-state index contributed by atoms with van der Waals surface area (Å²) in [7, 11) is 0. The first-order valence-electron chi connectivity index (χ1n) is 8.77. The van der Waals surface area contributed by atoms with Crippen LogP contribution in [0.5, 0.6) is 0 Å². The zero-order chi connectivity index (χ0) is 17.5. The molecule has 0 aromatic heterocycles. The van der Waals surface area contributed by atoms with Crippen molar-refractivity contribution in [2.24, 2.45) is 5.41 Å². The van der Waals surface area contributed by atoms with Gasteiger partial charge in [0.1, 0.15) is 0 Å². The van der Waals surface area contributed by atoms with Gasteiger partial charge in [0.2, 0.25) is 11.8 Å². The normalized spacial score (nSPS) is 20.8. The number of rotatable bonds is 8. The molecule has 1 fully saturated rings. The predicted octanol–water partition coefficient (Wildman–Crippen LogP) is 1.15. The number of amides is 2. The molecule has 0 aromatic carbocycles. The largest absolute Gasteiger partial charge is 0.376 e. The topological polar surface area (TPSA) is 70.7 Å². The van der Waals surface area contributed by atoms with Crippen molar-refractivity contribution in [3.8, 4) is 0 Å². The molecule has 2 unspecified atom stereocenters. The van der Waals surface area contributed by atoms with Gasteiger partial charge in [0, 0.05) is 26.2 Å². The summed E-state index contributed by atoms with van der Waals surface area (Å²) in [5, 5.41) is 5.77. The molecule has 0 aromatic rings. The number of carbonyl (C=O) groups is 2. The molecule has 2 amide bonds. The van der Waals surface area contributed by atoms with Crippen molar-refractivity contribution in [1.82, 2.24) is 15.5 Å². The van der Waals surface area contributed by atoms with Crippen molar-refractivity contribution in [2.45, 2.75) is 59.6 Å². The maximum Gasteiger partial charge on any atom is 0.237 e. The highest BCUT2D eigenvalue weighted by Gasteiger charge is 2.32. The molecule has 6 nitrogen and oxygen atoms in total. The summed E-state index contributed by atoms with van der Waals surface area (Å²) in [6, 6.07) is -0.155. The first kappa shape index (κ1) is 19.9. The van der Waals surface area contributed by atoms with Crippen LogP contribution < -0.4 is 10.6 Å². The average Bonchev–Trinajstić information content (AvgIpc) is 2.54. The van der Waals surface area contributed by atoms with Gasteiger partial charge in [-0.05, 0) is 33.6 Å². The summed E-state index contributed by atoms with van der Waals surface area (Å²) in [6.07, 6.45) is 1.92. The summed E-state index contributed by atoms with van der Waals surface area (Å²) in [6.45, 7) is 12.9. The van der Waals surface area contributed by atoms with Gasteiger partial charge in [-0.2, -0.15) is 0 Å². The molecule has 0 aliphatic carbocycles. The molecule has 2 N–H and O–H groups in total. The SMILES string of the molecule is CCNC(=O)C(C)(C)CNC(=O)C(CC)N1CCOC(CC)C1. The Bertz CT molecular complexity index is 399. The Morgan fingerprint density at radius 2 is 1.96 bits per heavy atom. The summed E-state index contributed by atoms with van der Waals surface area (Å²) in [4.78, 5) is 26.8. The van der Waals surface area contributed by atoms with E-state index in [0.29, 0.717) is 19.7 Å². The van der Waals surface area contributed by atoms with Gasteiger partial charge in [0.05, 0.1) is 24.2 Å². The lowest BCUT2D eigenvalue weighted by Crippen LogP contribution is -2.55. The lowest BCUT2D eigenvalue weighted by Gasteiger charge is -2.37. The molecule has 134 valence electrons. The second-order valence-corrected chi connectivity index (χ2v) is 6.78. The van der Waals surface area contributed by atoms with E-state index < -0.39 is 5.41 Å². The van der Waals surface area contributed by atoms with Gasteiger partial charge < -0.3 is 15.4 Å². The monoisotopic (exact) mass is 327 g/mol. The number of morpholine rings is 1. The molecular formula is C17H33N3O3. The van der Waals surface area contributed by atoms with Crippen molar-refractivity contribution < 1.29 is 14.3 Å². The molecule has 1 aliphatic heterocycles. The van der Waals surface area contributed by atoms with Crippen LogP contribution in [0.15, 0.2) is 0 Å². The Kier molecular flexibility index (Phi) is 7.99. The van der Waals surface area contributed by atoms with E-state index in [1.54, 1.807) is 0 Å². The van der Waals surface area contributed by atoms with Crippen LogP contribution in [0.4, 0.5) is 0 Å². The summed E-state index contributed by atoms with van der Waals surface area (Å²) >= 11 is 0. The van der Waals surface area contributed by atoms with E-state index in [1.807, 2.05) is 27.7 Å². The molecule has 6 heteroatoms. The van der Waals surface area contributed by atoms with Crippen molar-refractivity contribution in [1.29, 1.82) is 0 Å². The molecule has 1 aliphatic rings. The Balaban J connectivity index is 2.58. The Morgan fingerprint density at radius 3 is 2.52 bits per heavy atom. The van der Waals surface area contributed by atoms with E-state index in [1.165, 1.54) is 0 Å². The Morgan fingerprint density at radius 1 is 1.26 bits per heavy atom. The lowest BCUT2D eigenvalue weighted by atomic mass is 9.92. The molecule has 0 saturated carbocycles. The summed E-state index contributed by atoms with van der Waals surface area (Å²) in [5.41, 5.74) is -0.610. The number of carbonyl (C=O) groups excluding carboxylic acids is 2. The molecule has 23 heavy (non-hydrogen) atoms. The van der Waals surface area contributed by atoms with Crippen molar-refractivity contribution >= 4 is 11.8 Å². The van der Waals surface area contributed by atoms with Crippen LogP contribution in [0.25, 0.3) is 0 Å². The van der Waals surface area contributed by atoms with E-state index in [4.69, 9.17) is 4.74 Å². The van der Waals surface area contributed by atoms with Crippen LogP contribution in [0.1, 0.15) is 47.5 Å². The fourth-order valence-electron chi connectivity index (χ4n) is 2.79. The zero-order valence-corrected chi connectivity index (χ0v) is 15.3. The van der Waals surface area contributed by atoms with E-state index in [2.05, 4.69) is 22.5 Å². The lowest BCUT2D eigenvalue weighted by molar-refractivity contribution is -0.132. The molecule has 0 bridgehead atoms. The molecule has 2 atom stereocenters. The first-order chi connectivity index (χ1) is 10.9. The van der Waals surface area contributed by atoms with Gasteiger partial charge >= 0.3 is 0 Å². The quantitative estimate of drug-likeness (QED) is 0.702. The van der Waals surface area contributed by atoms with Crippen molar-refractivity contribution in [3.05, 3.63) is 0 Å². The van der Waals surface area contributed by atoms with Gasteiger partial charge in [0.25, 0.3) is 0 Å². The number of nitrogens with one attached hydrogen (secondary N) is 2. The minimum absolute atomic E-state index is 0.00151. The van der Waals surface area contributed by atoms with Crippen LogP contribution in [0.2, 0.25) is 0 Å². The fourth-order valence-corrected chi connectivity index (χ4v) is 2.79. The van der Waals surface area contributed by atoms with Gasteiger partial charge in [-0.3, -0.25) is 14.5 Å².